The highest BCUT2D eigenvalue weighted by molar-refractivity contribution is 5.22. The summed E-state index contributed by atoms with van der Waals surface area (Å²) in [5, 5.41) is 9.13. The Balaban J connectivity index is 1.70. The number of hydrogen-bond acceptors (Lipinski definition) is 4. The zero-order valence-corrected chi connectivity index (χ0v) is 13.9. The number of aromatic nitrogens is 2. The Morgan fingerprint density at radius 1 is 1.22 bits per heavy atom. The van der Waals surface area contributed by atoms with Crippen molar-refractivity contribution in [3.05, 3.63) is 53.1 Å². The number of ether oxygens (including phenoxy) is 1. The molecular formula is C18H25N3O2. The molecule has 2 heterocycles. The van der Waals surface area contributed by atoms with Crippen LogP contribution in [0.3, 0.4) is 0 Å². The van der Waals surface area contributed by atoms with E-state index in [4.69, 9.17) is 9.84 Å². The largest absolute Gasteiger partial charge is 0.392 e. The Morgan fingerprint density at radius 2 is 1.96 bits per heavy atom. The number of fused-ring (bicyclic) bond motifs is 1. The first-order valence-electron chi connectivity index (χ1n) is 8.19. The van der Waals surface area contributed by atoms with Crippen molar-refractivity contribution >= 4 is 0 Å². The highest BCUT2D eigenvalue weighted by Crippen LogP contribution is 2.27. The van der Waals surface area contributed by atoms with Gasteiger partial charge in [0, 0.05) is 45.1 Å². The number of nitrogens with zero attached hydrogens (tertiary/aromatic N) is 3. The molecule has 1 aromatic heterocycles. The van der Waals surface area contributed by atoms with Crippen LogP contribution >= 0.6 is 0 Å². The van der Waals surface area contributed by atoms with E-state index in [9.17, 15) is 0 Å². The van der Waals surface area contributed by atoms with Crippen LogP contribution in [0.4, 0.5) is 0 Å². The van der Waals surface area contributed by atoms with Gasteiger partial charge >= 0.3 is 0 Å². The molecule has 0 bridgehead atoms. The number of aliphatic hydroxyl groups excluding tert-OH is 1. The predicted octanol–water partition coefficient (Wildman–Crippen LogP) is 2.14. The molecule has 2 aromatic rings. The van der Waals surface area contributed by atoms with Crippen molar-refractivity contribution in [2.45, 2.75) is 39.1 Å². The van der Waals surface area contributed by atoms with E-state index in [1.807, 2.05) is 18.3 Å². The Labute approximate surface area is 137 Å². The Hall–Kier alpha value is -1.69. The molecular weight excluding hydrogens is 290 g/mol. The number of methoxy groups -OCH3 is 1. The molecule has 0 fully saturated rings. The molecule has 5 nitrogen and oxygen atoms in total. The zero-order chi connectivity index (χ0) is 16.2. The number of hydrogen-bond donors (Lipinski definition) is 1. The molecule has 124 valence electrons. The van der Waals surface area contributed by atoms with Crippen LogP contribution in [-0.4, -0.2) is 39.8 Å². The monoisotopic (exact) mass is 315 g/mol. The van der Waals surface area contributed by atoms with Crippen LogP contribution in [0.1, 0.15) is 35.6 Å². The molecule has 1 aliphatic rings. The molecule has 0 radical (unpaired) electrons. The first-order valence-corrected chi connectivity index (χ1v) is 8.19. The summed E-state index contributed by atoms with van der Waals surface area (Å²) < 4.78 is 7.52. The van der Waals surface area contributed by atoms with Crippen molar-refractivity contribution in [2.24, 2.45) is 0 Å². The number of aliphatic hydroxyl groups is 1. The predicted molar refractivity (Wildman–Crippen MR) is 89.0 cm³/mol. The standard InChI is InChI=1S/C18H25N3O2/c1-14-18-19-11-17(7-10-23-2)21(18)9-8-20(14)12-15-3-5-16(13-22)6-4-15/h3-6,11,14,22H,7-10,12-13H2,1-2H3/t14-/m0/s1. The van der Waals surface area contributed by atoms with Gasteiger partial charge in [0.25, 0.3) is 0 Å². The molecule has 1 aliphatic heterocycles. The van der Waals surface area contributed by atoms with Crippen molar-refractivity contribution in [1.29, 1.82) is 0 Å². The van der Waals surface area contributed by atoms with E-state index in [1.54, 1.807) is 7.11 Å². The number of imidazole rings is 1. The Kier molecular flexibility index (Phi) is 5.10. The normalized spacial score (nSPS) is 18.1. The third-order valence-electron chi connectivity index (χ3n) is 4.65. The lowest BCUT2D eigenvalue weighted by Gasteiger charge is -2.34. The van der Waals surface area contributed by atoms with Crippen LogP contribution in [-0.2, 0) is 30.9 Å². The van der Waals surface area contributed by atoms with Gasteiger partial charge in [-0.3, -0.25) is 4.90 Å². The van der Waals surface area contributed by atoms with Crippen LogP contribution in [0.2, 0.25) is 0 Å². The van der Waals surface area contributed by atoms with E-state index in [-0.39, 0.29) is 6.61 Å². The van der Waals surface area contributed by atoms with Gasteiger partial charge in [0.2, 0.25) is 0 Å². The fourth-order valence-electron chi connectivity index (χ4n) is 3.21. The molecule has 5 heteroatoms. The van der Waals surface area contributed by atoms with Crippen LogP contribution in [0.5, 0.6) is 0 Å². The van der Waals surface area contributed by atoms with E-state index in [1.165, 1.54) is 11.3 Å². The number of benzene rings is 1. The van der Waals surface area contributed by atoms with Crippen LogP contribution in [0.25, 0.3) is 0 Å². The smallest absolute Gasteiger partial charge is 0.126 e. The summed E-state index contributed by atoms with van der Waals surface area (Å²) in [6.45, 7) is 5.97. The van der Waals surface area contributed by atoms with Gasteiger partial charge in [-0.25, -0.2) is 4.98 Å². The molecule has 1 N–H and O–H groups in total. The molecule has 0 amide bonds. The summed E-state index contributed by atoms with van der Waals surface area (Å²) in [6.07, 6.45) is 2.91. The van der Waals surface area contributed by atoms with Gasteiger partial charge in [-0.15, -0.1) is 0 Å². The second-order valence-electron chi connectivity index (χ2n) is 6.12. The fraction of sp³-hybridized carbons (Fsp3) is 0.500. The summed E-state index contributed by atoms with van der Waals surface area (Å²) in [7, 11) is 1.74. The molecule has 0 spiro atoms. The van der Waals surface area contributed by atoms with Crippen molar-refractivity contribution < 1.29 is 9.84 Å². The highest BCUT2D eigenvalue weighted by Gasteiger charge is 2.26. The minimum atomic E-state index is 0.0993. The molecule has 0 unspecified atom stereocenters. The maximum absolute atomic E-state index is 9.13. The molecule has 3 rings (SSSR count). The van der Waals surface area contributed by atoms with E-state index in [0.717, 1.165) is 44.0 Å². The maximum Gasteiger partial charge on any atom is 0.126 e. The van der Waals surface area contributed by atoms with Crippen LogP contribution < -0.4 is 0 Å². The van der Waals surface area contributed by atoms with Gasteiger partial charge < -0.3 is 14.4 Å². The fourth-order valence-corrected chi connectivity index (χ4v) is 3.21. The minimum Gasteiger partial charge on any atom is -0.392 e. The van der Waals surface area contributed by atoms with E-state index in [2.05, 4.69) is 33.5 Å². The van der Waals surface area contributed by atoms with Crippen molar-refractivity contribution in [3.63, 3.8) is 0 Å². The second-order valence-corrected chi connectivity index (χ2v) is 6.12. The lowest BCUT2D eigenvalue weighted by Crippen LogP contribution is -2.37. The van der Waals surface area contributed by atoms with Gasteiger partial charge in [-0.1, -0.05) is 24.3 Å². The highest BCUT2D eigenvalue weighted by atomic mass is 16.5. The van der Waals surface area contributed by atoms with E-state index in [0.29, 0.717) is 6.04 Å². The SMILES string of the molecule is COCCc1cnc2n1CCN(Cc1ccc(CO)cc1)[C@H]2C. The molecule has 1 aromatic carbocycles. The minimum absolute atomic E-state index is 0.0993. The van der Waals surface area contributed by atoms with Gasteiger partial charge in [0.05, 0.1) is 19.3 Å². The zero-order valence-electron chi connectivity index (χ0n) is 13.9. The van der Waals surface area contributed by atoms with Gasteiger partial charge in [-0.05, 0) is 18.1 Å². The average Bonchev–Trinajstić information content (AvgIpc) is 3.00. The third kappa shape index (κ3) is 3.47. The van der Waals surface area contributed by atoms with Gasteiger partial charge in [-0.2, -0.15) is 0 Å². The maximum atomic E-state index is 9.13. The Bertz CT molecular complexity index is 636. The van der Waals surface area contributed by atoms with Gasteiger partial charge in [0.1, 0.15) is 5.82 Å². The van der Waals surface area contributed by atoms with Gasteiger partial charge in [0.15, 0.2) is 0 Å². The first-order chi connectivity index (χ1) is 11.2. The molecule has 1 atom stereocenters. The van der Waals surface area contributed by atoms with Crippen molar-refractivity contribution in [1.82, 2.24) is 14.5 Å². The first kappa shape index (κ1) is 16.2. The quantitative estimate of drug-likeness (QED) is 0.887. The van der Waals surface area contributed by atoms with E-state index >= 15 is 0 Å². The summed E-state index contributed by atoms with van der Waals surface area (Å²) in [6, 6.07) is 8.49. The summed E-state index contributed by atoms with van der Waals surface area (Å²) in [5.74, 6) is 1.15. The topological polar surface area (TPSA) is 50.5 Å². The molecule has 0 aliphatic carbocycles. The molecule has 0 saturated heterocycles. The molecule has 23 heavy (non-hydrogen) atoms. The lowest BCUT2D eigenvalue weighted by molar-refractivity contribution is 0.153. The Morgan fingerprint density at radius 3 is 2.65 bits per heavy atom. The van der Waals surface area contributed by atoms with Crippen LogP contribution in [0.15, 0.2) is 30.5 Å². The molecule has 0 saturated carbocycles. The van der Waals surface area contributed by atoms with Crippen LogP contribution in [0, 0.1) is 0 Å². The summed E-state index contributed by atoms with van der Waals surface area (Å²) >= 11 is 0. The summed E-state index contributed by atoms with van der Waals surface area (Å²) in [4.78, 5) is 7.10. The lowest BCUT2D eigenvalue weighted by atomic mass is 10.1. The number of rotatable bonds is 6. The van der Waals surface area contributed by atoms with Crippen molar-refractivity contribution in [2.75, 3.05) is 20.3 Å². The van der Waals surface area contributed by atoms with E-state index < -0.39 is 0 Å². The van der Waals surface area contributed by atoms with Crippen molar-refractivity contribution in [3.8, 4) is 0 Å². The average molecular weight is 315 g/mol. The third-order valence-corrected chi connectivity index (χ3v) is 4.65. The summed E-state index contributed by atoms with van der Waals surface area (Å²) in [5.41, 5.74) is 3.49. The second kappa shape index (κ2) is 7.25.